The van der Waals surface area contributed by atoms with Gasteiger partial charge >= 0.3 is 0 Å². The van der Waals surface area contributed by atoms with Crippen molar-refractivity contribution in [2.45, 2.75) is 63.9 Å². The van der Waals surface area contributed by atoms with Gasteiger partial charge in [0.05, 0.1) is 16.4 Å². The van der Waals surface area contributed by atoms with Crippen LogP contribution in [-0.2, 0) is 26.0 Å². The van der Waals surface area contributed by atoms with Crippen LogP contribution in [0.5, 0.6) is 0 Å². The van der Waals surface area contributed by atoms with Crippen molar-refractivity contribution in [2.24, 2.45) is 10.8 Å². The lowest BCUT2D eigenvalue weighted by Crippen LogP contribution is -2.45. The summed E-state index contributed by atoms with van der Waals surface area (Å²) in [4.78, 5) is 31.9. The summed E-state index contributed by atoms with van der Waals surface area (Å²) < 4.78 is 23.4. The average molecular weight is 546 g/mol. The lowest BCUT2D eigenvalue weighted by atomic mass is 9.77. The zero-order chi connectivity index (χ0) is 26.8. The van der Waals surface area contributed by atoms with E-state index in [1.165, 1.54) is 11.1 Å². The minimum absolute atomic E-state index is 0.000278. The van der Waals surface area contributed by atoms with E-state index in [4.69, 9.17) is 0 Å². The van der Waals surface area contributed by atoms with Crippen molar-refractivity contribution in [3.63, 3.8) is 0 Å². The van der Waals surface area contributed by atoms with Gasteiger partial charge in [-0.1, -0.05) is 39.0 Å². The van der Waals surface area contributed by atoms with Crippen LogP contribution in [0.25, 0.3) is 0 Å². The molecular weight excluding hydrogens is 506 g/mol. The maximum Gasteiger partial charge on any atom is 0.229 e. The third-order valence-electron chi connectivity index (χ3n) is 7.75. The highest BCUT2D eigenvalue weighted by atomic mass is 32.2. The number of hydrogen-bond donors (Lipinski definition) is 1. The molecule has 4 rings (SSSR count). The topological polar surface area (TPSA) is 86.8 Å². The highest BCUT2D eigenvalue weighted by Crippen LogP contribution is 2.42. The third kappa shape index (κ3) is 6.62. The molecule has 0 radical (unpaired) electrons. The Labute approximate surface area is 225 Å². The molecule has 202 valence electrons. The average Bonchev–Trinajstić information content (AvgIpc) is 3.47. The number of benzene rings is 1. The van der Waals surface area contributed by atoms with Gasteiger partial charge in [0.25, 0.3) is 0 Å². The molecule has 1 N–H and O–H groups in total. The van der Waals surface area contributed by atoms with Gasteiger partial charge in [0.15, 0.2) is 9.84 Å². The van der Waals surface area contributed by atoms with Crippen LogP contribution in [0.4, 0.5) is 0 Å². The van der Waals surface area contributed by atoms with Crippen LogP contribution in [0.15, 0.2) is 46.7 Å². The third-order valence-corrected chi connectivity index (χ3v) is 9.86. The SMILES string of the molecule is CC(C)(C)C(=O)NC(CCN1CCC2(CC1)CCN(Cc1ccc(S(C)(=O)=O)cc1)C2=O)c1cccs1. The maximum atomic E-state index is 13.4. The summed E-state index contributed by atoms with van der Waals surface area (Å²) in [6.07, 6.45) is 4.63. The van der Waals surface area contributed by atoms with Gasteiger partial charge < -0.3 is 15.1 Å². The molecule has 0 bridgehead atoms. The molecule has 9 heteroatoms. The first-order valence-corrected chi connectivity index (χ1v) is 15.8. The molecule has 1 spiro atoms. The van der Waals surface area contributed by atoms with Crippen LogP contribution >= 0.6 is 11.3 Å². The Hall–Kier alpha value is -2.23. The molecule has 2 fully saturated rings. The Morgan fingerprint density at radius 3 is 2.30 bits per heavy atom. The van der Waals surface area contributed by atoms with Crippen LogP contribution in [0, 0.1) is 10.8 Å². The molecular formula is C28H39N3O4S2. The van der Waals surface area contributed by atoms with Gasteiger partial charge in [-0.15, -0.1) is 11.3 Å². The van der Waals surface area contributed by atoms with Crippen LogP contribution in [0.3, 0.4) is 0 Å². The number of hydrogen-bond acceptors (Lipinski definition) is 6. The number of amides is 2. The normalized spacial score (nSPS) is 19.4. The maximum absolute atomic E-state index is 13.4. The van der Waals surface area contributed by atoms with Gasteiger partial charge in [-0.05, 0) is 67.9 Å². The van der Waals surface area contributed by atoms with E-state index in [9.17, 15) is 18.0 Å². The Kier molecular flexibility index (Phi) is 8.16. The van der Waals surface area contributed by atoms with Gasteiger partial charge in [0.2, 0.25) is 11.8 Å². The second-order valence-electron chi connectivity index (χ2n) is 11.6. The molecule has 2 amide bonds. The molecule has 7 nitrogen and oxygen atoms in total. The molecule has 2 saturated heterocycles. The molecule has 1 aromatic carbocycles. The fourth-order valence-electron chi connectivity index (χ4n) is 5.24. The standard InChI is InChI=1S/C28H39N3O4S2/c1-27(2,3)25(32)29-23(24-6-5-19-36-24)11-15-30-16-12-28(13-17-30)14-18-31(26(28)33)20-21-7-9-22(10-8-21)37(4,34)35/h5-10,19,23H,11-18,20H2,1-4H3,(H,29,32). The number of carbonyl (C=O) groups is 2. The number of sulfone groups is 1. The van der Waals surface area contributed by atoms with Crippen molar-refractivity contribution in [2.75, 3.05) is 32.4 Å². The number of piperidine rings is 1. The van der Waals surface area contributed by atoms with Crippen molar-refractivity contribution in [1.29, 1.82) is 0 Å². The van der Waals surface area contributed by atoms with Crippen LogP contribution < -0.4 is 5.32 Å². The van der Waals surface area contributed by atoms with E-state index in [0.29, 0.717) is 11.4 Å². The van der Waals surface area contributed by atoms with Gasteiger partial charge in [0, 0.05) is 36.2 Å². The van der Waals surface area contributed by atoms with E-state index >= 15 is 0 Å². The summed E-state index contributed by atoms with van der Waals surface area (Å²) in [5.41, 5.74) is 0.237. The van der Waals surface area contributed by atoms with Crippen molar-refractivity contribution >= 4 is 33.0 Å². The quantitative estimate of drug-likeness (QED) is 0.536. The number of rotatable bonds is 8. The molecule has 1 atom stereocenters. The zero-order valence-electron chi connectivity index (χ0n) is 22.3. The Morgan fingerprint density at radius 1 is 1.08 bits per heavy atom. The predicted molar refractivity (Wildman–Crippen MR) is 147 cm³/mol. The van der Waals surface area contributed by atoms with Crippen molar-refractivity contribution < 1.29 is 18.0 Å². The van der Waals surface area contributed by atoms with Crippen LogP contribution in [0.1, 0.15) is 62.9 Å². The van der Waals surface area contributed by atoms with Crippen LogP contribution in [0.2, 0.25) is 0 Å². The van der Waals surface area contributed by atoms with E-state index in [0.717, 1.165) is 57.4 Å². The second kappa shape index (κ2) is 10.9. The summed E-state index contributed by atoms with van der Waals surface area (Å²) in [5.74, 6) is 0.291. The fourth-order valence-corrected chi connectivity index (χ4v) is 6.68. The van der Waals surface area contributed by atoms with Gasteiger partial charge in [-0.3, -0.25) is 9.59 Å². The summed E-state index contributed by atoms with van der Waals surface area (Å²) in [6, 6.07) is 11.0. The second-order valence-corrected chi connectivity index (χ2v) is 14.6. The van der Waals surface area contributed by atoms with E-state index in [1.54, 1.807) is 35.6 Å². The molecule has 1 unspecified atom stereocenters. The minimum atomic E-state index is -3.23. The highest BCUT2D eigenvalue weighted by Gasteiger charge is 2.47. The first-order valence-electron chi connectivity index (χ1n) is 13.0. The number of carbonyl (C=O) groups excluding carboxylic acids is 2. The van der Waals surface area contributed by atoms with Gasteiger partial charge in [-0.2, -0.15) is 0 Å². The minimum Gasteiger partial charge on any atom is -0.348 e. The molecule has 3 heterocycles. The molecule has 2 aliphatic heterocycles. The smallest absolute Gasteiger partial charge is 0.229 e. The van der Waals surface area contributed by atoms with E-state index in [2.05, 4.69) is 16.3 Å². The van der Waals surface area contributed by atoms with Crippen molar-refractivity contribution in [3.05, 3.63) is 52.2 Å². The van der Waals surface area contributed by atoms with Crippen molar-refractivity contribution in [3.8, 4) is 0 Å². The highest BCUT2D eigenvalue weighted by molar-refractivity contribution is 7.90. The summed E-state index contributed by atoms with van der Waals surface area (Å²) in [6.45, 7) is 9.71. The number of likely N-dealkylation sites (tertiary alicyclic amines) is 2. The first-order chi connectivity index (χ1) is 17.4. The van der Waals surface area contributed by atoms with E-state index in [-0.39, 0.29) is 23.3 Å². The Morgan fingerprint density at radius 2 is 1.73 bits per heavy atom. The lowest BCUT2D eigenvalue weighted by molar-refractivity contribution is -0.139. The Balaban J connectivity index is 1.30. The van der Waals surface area contributed by atoms with E-state index < -0.39 is 15.3 Å². The molecule has 1 aromatic heterocycles. The number of thiophene rings is 1. The molecule has 2 aromatic rings. The summed E-state index contributed by atoms with van der Waals surface area (Å²) in [5, 5.41) is 5.30. The van der Waals surface area contributed by atoms with E-state index in [1.807, 2.05) is 37.1 Å². The Bertz CT molecular complexity index is 1190. The van der Waals surface area contributed by atoms with Gasteiger partial charge in [0.1, 0.15) is 0 Å². The van der Waals surface area contributed by atoms with Crippen molar-refractivity contribution in [1.82, 2.24) is 15.1 Å². The number of nitrogens with zero attached hydrogens (tertiary/aromatic N) is 2. The van der Waals surface area contributed by atoms with Crippen LogP contribution in [-0.4, -0.2) is 62.5 Å². The molecule has 2 aliphatic rings. The molecule has 0 saturated carbocycles. The fraction of sp³-hybridized carbons (Fsp3) is 0.571. The molecule has 37 heavy (non-hydrogen) atoms. The monoisotopic (exact) mass is 545 g/mol. The predicted octanol–water partition coefficient (Wildman–Crippen LogP) is 4.26. The lowest BCUT2D eigenvalue weighted by Gasteiger charge is -2.38. The zero-order valence-corrected chi connectivity index (χ0v) is 24.0. The summed E-state index contributed by atoms with van der Waals surface area (Å²) >= 11 is 1.68. The number of nitrogens with one attached hydrogen (secondary N) is 1. The van der Waals surface area contributed by atoms with Gasteiger partial charge in [-0.25, -0.2) is 8.42 Å². The summed E-state index contributed by atoms with van der Waals surface area (Å²) in [7, 11) is -3.23. The first kappa shape index (κ1) is 27.8. The largest absolute Gasteiger partial charge is 0.348 e. The molecule has 0 aliphatic carbocycles.